The number of hydrogen-bond acceptors (Lipinski definition) is 14. The zero-order valence-electron chi connectivity index (χ0n) is 18.3. The topological polar surface area (TPSA) is 167 Å². The number of carbonyl (C=O) groups is 5. The van der Waals surface area contributed by atoms with Gasteiger partial charge >= 0.3 is 29.8 Å². The van der Waals surface area contributed by atoms with Crippen molar-refractivity contribution in [2.75, 3.05) is 19.5 Å². The molecular formula is C18H27NO11S2. The Labute approximate surface area is 192 Å². The Morgan fingerprint density at radius 3 is 1.91 bits per heavy atom. The molecule has 0 aromatic carbocycles. The van der Waals surface area contributed by atoms with Crippen LogP contribution in [0, 0.1) is 0 Å². The van der Waals surface area contributed by atoms with E-state index < -0.39 is 65.7 Å². The van der Waals surface area contributed by atoms with Crippen LogP contribution < -0.4 is 5.73 Å². The number of methoxy groups -OCH3 is 1. The Morgan fingerprint density at radius 1 is 0.875 bits per heavy atom. The fourth-order valence-corrected chi connectivity index (χ4v) is 5.21. The Morgan fingerprint density at radius 2 is 1.41 bits per heavy atom. The highest BCUT2D eigenvalue weighted by atomic mass is 33.1. The van der Waals surface area contributed by atoms with Gasteiger partial charge in [-0.3, -0.25) is 24.0 Å². The Hall–Kier alpha value is -2.03. The summed E-state index contributed by atoms with van der Waals surface area (Å²) in [5, 5.41) is 0. The molecule has 1 heterocycles. The van der Waals surface area contributed by atoms with Crippen molar-refractivity contribution < 1.29 is 52.4 Å². The molecule has 0 saturated carbocycles. The van der Waals surface area contributed by atoms with Gasteiger partial charge in [-0.1, -0.05) is 21.6 Å². The van der Waals surface area contributed by atoms with Gasteiger partial charge in [-0.25, -0.2) is 0 Å². The second kappa shape index (κ2) is 13.5. The van der Waals surface area contributed by atoms with Crippen LogP contribution in [0.1, 0.15) is 27.7 Å². The van der Waals surface area contributed by atoms with Gasteiger partial charge in [0, 0.05) is 33.4 Å². The predicted molar refractivity (Wildman–Crippen MR) is 112 cm³/mol. The van der Waals surface area contributed by atoms with Crippen LogP contribution in [0.4, 0.5) is 0 Å². The first kappa shape index (κ1) is 28.0. The minimum absolute atomic E-state index is 0.129. The van der Waals surface area contributed by atoms with E-state index in [2.05, 4.69) is 4.74 Å². The molecule has 0 bridgehead atoms. The number of carbonyl (C=O) groups excluding carboxylic acids is 5. The molecular weight excluding hydrogens is 470 g/mol. The molecule has 1 aliphatic rings. The molecule has 12 nitrogen and oxygen atoms in total. The zero-order chi connectivity index (χ0) is 24.4. The molecule has 1 rings (SSSR count). The Bertz CT molecular complexity index is 704. The number of nitrogens with two attached hydrogens (primary N) is 1. The molecule has 182 valence electrons. The van der Waals surface area contributed by atoms with Crippen molar-refractivity contribution in [2.45, 2.75) is 63.6 Å². The fourth-order valence-electron chi connectivity index (χ4n) is 2.67. The molecule has 0 radical (unpaired) electrons. The van der Waals surface area contributed by atoms with Gasteiger partial charge in [0.2, 0.25) is 0 Å². The van der Waals surface area contributed by atoms with Gasteiger partial charge in [0.05, 0.1) is 7.11 Å². The van der Waals surface area contributed by atoms with E-state index in [4.69, 9.17) is 29.4 Å². The lowest BCUT2D eigenvalue weighted by molar-refractivity contribution is -0.237. The minimum Gasteiger partial charge on any atom is -0.468 e. The first-order valence-corrected chi connectivity index (χ1v) is 11.8. The quantitative estimate of drug-likeness (QED) is 0.242. The van der Waals surface area contributed by atoms with Gasteiger partial charge < -0.3 is 34.2 Å². The first-order valence-electron chi connectivity index (χ1n) is 9.38. The lowest BCUT2D eigenvalue weighted by Gasteiger charge is -2.43. The summed E-state index contributed by atoms with van der Waals surface area (Å²) in [5.74, 6) is -3.22. The minimum atomic E-state index is -1.25. The molecule has 2 N–H and O–H groups in total. The molecule has 14 heteroatoms. The van der Waals surface area contributed by atoms with Crippen molar-refractivity contribution >= 4 is 51.4 Å². The maximum atomic E-state index is 11.8. The van der Waals surface area contributed by atoms with Crippen LogP contribution in [0.15, 0.2) is 0 Å². The molecule has 6 atom stereocenters. The van der Waals surface area contributed by atoms with Crippen LogP contribution in [0.2, 0.25) is 0 Å². The van der Waals surface area contributed by atoms with Crippen LogP contribution in [0.25, 0.3) is 0 Å². The monoisotopic (exact) mass is 497 g/mol. The van der Waals surface area contributed by atoms with Crippen LogP contribution in [0.5, 0.6) is 0 Å². The highest BCUT2D eigenvalue weighted by molar-refractivity contribution is 8.76. The molecule has 0 aromatic rings. The van der Waals surface area contributed by atoms with Crippen molar-refractivity contribution in [3.05, 3.63) is 0 Å². The van der Waals surface area contributed by atoms with Crippen molar-refractivity contribution in [1.82, 2.24) is 0 Å². The average molecular weight is 498 g/mol. The highest BCUT2D eigenvalue weighted by Crippen LogP contribution is 2.39. The highest BCUT2D eigenvalue weighted by Gasteiger charge is 2.52. The number of hydrogen-bond donors (Lipinski definition) is 1. The standard InChI is InChI=1S/C18H27NO11S2/c1-8(20)26-6-13-14(27-9(2)21)15(28-10(3)22)16(29-11(4)23)18(30-13)32-31-7-12(19)17(24)25-5/h12-16,18H,6-7,19H2,1-5H3/t12-,13?,14-,15?,16?,18?/m0/s1. The SMILES string of the molecule is COC(=O)[C@@H](N)CSSC1OC(COC(C)=O)[C@H](OC(C)=O)C(OC(C)=O)C1OC(C)=O. The zero-order valence-corrected chi connectivity index (χ0v) is 19.9. The molecule has 0 spiro atoms. The van der Waals surface area contributed by atoms with E-state index in [9.17, 15) is 24.0 Å². The van der Waals surface area contributed by atoms with Crippen molar-refractivity contribution in [3.8, 4) is 0 Å². The molecule has 0 aromatic heterocycles. The molecule has 4 unspecified atom stereocenters. The van der Waals surface area contributed by atoms with E-state index in [0.717, 1.165) is 42.4 Å². The van der Waals surface area contributed by atoms with Gasteiger partial charge in [0.25, 0.3) is 0 Å². The third-order valence-corrected chi connectivity index (χ3v) is 6.45. The van der Waals surface area contributed by atoms with Gasteiger partial charge in [-0.05, 0) is 0 Å². The van der Waals surface area contributed by atoms with E-state index >= 15 is 0 Å². The fraction of sp³-hybridized carbons (Fsp3) is 0.722. The van der Waals surface area contributed by atoms with Crippen molar-refractivity contribution in [2.24, 2.45) is 5.73 Å². The average Bonchev–Trinajstić information content (AvgIpc) is 2.68. The van der Waals surface area contributed by atoms with Crippen molar-refractivity contribution in [1.29, 1.82) is 0 Å². The molecule has 1 aliphatic heterocycles. The second-order valence-corrected chi connectivity index (χ2v) is 9.09. The van der Waals surface area contributed by atoms with Crippen LogP contribution in [-0.4, -0.2) is 85.2 Å². The number of ether oxygens (including phenoxy) is 6. The van der Waals surface area contributed by atoms with Crippen LogP contribution in [-0.2, 0) is 52.4 Å². The molecule has 1 fully saturated rings. The second-order valence-electron chi connectivity index (χ2n) is 6.58. The molecule has 0 amide bonds. The number of esters is 5. The van der Waals surface area contributed by atoms with Gasteiger partial charge in [-0.2, -0.15) is 0 Å². The summed E-state index contributed by atoms with van der Waals surface area (Å²) in [6.45, 7) is 4.29. The predicted octanol–water partition coefficient (Wildman–Crippen LogP) is -0.0488. The summed E-state index contributed by atoms with van der Waals surface area (Å²) in [7, 11) is 3.38. The van der Waals surface area contributed by atoms with Gasteiger partial charge in [0.15, 0.2) is 23.7 Å². The van der Waals surface area contributed by atoms with Gasteiger partial charge in [0.1, 0.15) is 18.8 Å². The summed E-state index contributed by atoms with van der Waals surface area (Å²) in [5.41, 5.74) is 4.76. The summed E-state index contributed by atoms with van der Waals surface area (Å²) in [4.78, 5) is 58.0. The van der Waals surface area contributed by atoms with E-state index in [1.807, 2.05) is 0 Å². The van der Waals surface area contributed by atoms with E-state index in [0.29, 0.717) is 0 Å². The lowest BCUT2D eigenvalue weighted by Crippen LogP contribution is -2.61. The third kappa shape index (κ3) is 9.22. The first-order chi connectivity index (χ1) is 15.0. The summed E-state index contributed by atoms with van der Waals surface area (Å²) in [6, 6.07) is -0.914. The Kier molecular flexibility index (Phi) is 11.8. The normalized spacial score (nSPS) is 25.8. The van der Waals surface area contributed by atoms with Crippen LogP contribution in [0.3, 0.4) is 0 Å². The van der Waals surface area contributed by atoms with E-state index in [1.165, 1.54) is 14.0 Å². The third-order valence-electron chi connectivity index (χ3n) is 3.86. The molecule has 0 aliphatic carbocycles. The summed E-state index contributed by atoms with van der Waals surface area (Å²) < 4.78 is 31.4. The van der Waals surface area contributed by atoms with Crippen LogP contribution >= 0.6 is 21.6 Å². The summed E-state index contributed by atoms with van der Waals surface area (Å²) in [6.07, 6.45) is -4.69. The smallest absolute Gasteiger partial charge is 0.323 e. The lowest BCUT2D eigenvalue weighted by atomic mass is 9.99. The number of rotatable bonds is 10. The molecule has 32 heavy (non-hydrogen) atoms. The van der Waals surface area contributed by atoms with E-state index in [1.54, 1.807) is 0 Å². The maximum absolute atomic E-state index is 11.8. The summed E-state index contributed by atoms with van der Waals surface area (Å²) >= 11 is 0. The van der Waals surface area contributed by atoms with E-state index in [-0.39, 0.29) is 12.4 Å². The molecule has 1 saturated heterocycles. The van der Waals surface area contributed by atoms with Gasteiger partial charge in [-0.15, -0.1) is 0 Å². The Balaban J connectivity index is 3.17. The van der Waals surface area contributed by atoms with Crippen molar-refractivity contribution in [3.63, 3.8) is 0 Å². The maximum Gasteiger partial charge on any atom is 0.323 e. The largest absolute Gasteiger partial charge is 0.468 e.